The average Bonchev–Trinajstić information content (AvgIpc) is 2.91. The molecule has 1 aromatic rings. The molecule has 0 spiro atoms. The summed E-state index contributed by atoms with van der Waals surface area (Å²) in [6.07, 6.45) is 1.78. The second-order valence-electron chi connectivity index (χ2n) is 5.58. The maximum atomic E-state index is 12.8. The van der Waals surface area contributed by atoms with Crippen LogP contribution in [-0.2, 0) is 21.2 Å². The predicted molar refractivity (Wildman–Crippen MR) is 80.3 cm³/mol. The van der Waals surface area contributed by atoms with Gasteiger partial charge in [-0.05, 0) is 49.9 Å². The summed E-state index contributed by atoms with van der Waals surface area (Å²) in [5.41, 5.74) is 2.31. The molecular formula is C15H19NO4S. The first-order valence-corrected chi connectivity index (χ1v) is 8.73. The van der Waals surface area contributed by atoms with Crippen LogP contribution < -0.4 is 4.31 Å². The summed E-state index contributed by atoms with van der Waals surface area (Å²) in [5, 5.41) is -0.357. The molecule has 0 amide bonds. The summed E-state index contributed by atoms with van der Waals surface area (Å²) >= 11 is 0. The Morgan fingerprint density at radius 1 is 1.29 bits per heavy atom. The lowest BCUT2D eigenvalue weighted by molar-refractivity contribution is 0.0983. The van der Waals surface area contributed by atoms with Gasteiger partial charge in [0.25, 0.3) is 0 Å². The zero-order valence-electron chi connectivity index (χ0n) is 12.0. The summed E-state index contributed by atoms with van der Waals surface area (Å²) in [6, 6.07) is 5.28. The maximum Gasteiger partial charge on any atom is 0.238 e. The molecule has 1 saturated heterocycles. The molecule has 0 unspecified atom stereocenters. The van der Waals surface area contributed by atoms with Gasteiger partial charge in [-0.3, -0.25) is 9.10 Å². The predicted octanol–water partition coefficient (Wildman–Crippen LogP) is 1.76. The van der Waals surface area contributed by atoms with Crippen LogP contribution >= 0.6 is 0 Å². The third-order valence-electron chi connectivity index (χ3n) is 4.24. The zero-order valence-corrected chi connectivity index (χ0v) is 12.9. The van der Waals surface area contributed by atoms with Crippen molar-refractivity contribution < 1.29 is 17.9 Å². The molecule has 1 aromatic carbocycles. The third kappa shape index (κ3) is 2.58. The van der Waals surface area contributed by atoms with E-state index >= 15 is 0 Å². The number of carbonyl (C=O) groups excluding carboxylic acids is 1. The van der Waals surface area contributed by atoms with E-state index in [1.165, 1.54) is 11.2 Å². The van der Waals surface area contributed by atoms with Crippen LogP contribution in [-0.4, -0.2) is 39.2 Å². The minimum atomic E-state index is -3.34. The summed E-state index contributed by atoms with van der Waals surface area (Å²) < 4.78 is 32.3. The second kappa shape index (κ2) is 5.42. The topological polar surface area (TPSA) is 63.7 Å². The Bertz CT molecular complexity index is 662. The largest absolute Gasteiger partial charge is 0.381 e. The van der Waals surface area contributed by atoms with Gasteiger partial charge in [0.1, 0.15) is 0 Å². The molecule has 0 aliphatic carbocycles. The van der Waals surface area contributed by atoms with E-state index in [0.717, 1.165) is 11.3 Å². The number of benzene rings is 1. The van der Waals surface area contributed by atoms with Gasteiger partial charge in [-0.15, -0.1) is 0 Å². The van der Waals surface area contributed by atoms with Crippen LogP contribution in [0.4, 0.5) is 5.69 Å². The van der Waals surface area contributed by atoms with Crippen molar-refractivity contribution in [2.45, 2.75) is 31.4 Å². The number of hydrogen-bond donors (Lipinski definition) is 0. The van der Waals surface area contributed by atoms with Gasteiger partial charge in [-0.25, -0.2) is 8.42 Å². The van der Waals surface area contributed by atoms with Crippen LogP contribution in [0.3, 0.4) is 0 Å². The SMILES string of the molecule is CC(=O)c1ccc2c(c1)CCN2S(=O)(=O)C1CCOCC1. The molecule has 5 nitrogen and oxygen atoms in total. The van der Waals surface area contributed by atoms with Gasteiger partial charge in [-0.2, -0.15) is 0 Å². The number of fused-ring (bicyclic) bond motifs is 1. The molecule has 114 valence electrons. The number of carbonyl (C=O) groups is 1. The first kappa shape index (κ1) is 14.5. The van der Waals surface area contributed by atoms with Crippen molar-refractivity contribution >= 4 is 21.5 Å². The van der Waals surface area contributed by atoms with Gasteiger partial charge >= 0.3 is 0 Å². The highest BCUT2D eigenvalue weighted by molar-refractivity contribution is 7.93. The molecule has 1 fully saturated rings. The Balaban J connectivity index is 1.91. The standard InChI is InChI=1S/C15H19NO4S/c1-11(17)12-2-3-15-13(10-12)4-7-16(15)21(18,19)14-5-8-20-9-6-14/h2-3,10,14H,4-9H2,1H3. The minimum absolute atomic E-state index is 0.00327. The number of sulfonamides is 1. The van der Waals surface area contributed by atoms with Crippen LogP contribution in [0.2, 0.25) is 0 Å². The van der Waals surface area contributed by atoms with Crippen molar-refractivity contribution in [2.24, 2.45) is 0 Å². The molecule has 0 bridgehead atoms. The van der Waals surface area contributed by atoms with Gasteiger partial charge in [0.2, 0.25) is 10.0 Å². The third-order valence-corrected chi connectivity index (χ3v) is 6.54. The van der Waals surface area contributed by atoms with Gasteiger partial charge in [0, 0.05) is 25.3 Å². The maximum absolute atomic E-state index is 12.8. The summed E-state index contributed by atoms with van der Waals surface area (Å²) in [7, 11) is -3.34. The summed E-state index contributed by atoms with van der Waals surface area (Å²) in [5.74, 6) is 0.00327. The Morgan fingerprint density at radius 2 is 2.00 bits per heavy atom. The normalized spacial score (nSPS) is 19.6. The lowest BCUT2D eigenvalue weighted by Crippen LogP contribution is -2.40. The van der Waals surface area contributed by atoms with E-state index in [1.807, 2.05) is 6.07 Å². The number of Topliss-reactive ketones (excluding diaryl/α,β-unsaturated/α-hetero) is 1. The molecule has 2 aliphatic heterocycles. The molecule has 2 aliphatic rings. The number of rotatable bonds is 3. The highest BCUT2D eigenvalue weighted by Gasteiger charge is 2.36. The average molecular weight is 309 g/mol. The molecular weight excluding hydrogens is 290 g/mol. The van der Waals surface area contributed by atoms with Crippen molar-refractivity contribution in [3.05, 3.63) is 29.3 Å². The number of ether oxygens (including phenoxy) is 1. The van der Waals surface area contributed by atoms with E-state index in [4.69, 9.17) is 4.74 Å². The summed E-state index contributed by atoms with van der Waals surface area (Å²) in [4.78, 5) is 11.4. The number of ketones is 1. The van der Waals surface area contributed by atoms with Crippen LogP contribution in [0.5, 0.6) is 0 Å². The lowest BCUT2D eigenvalue weighted by Gasteiger charge is -2.28. The van der Waals surface area contributed by atoms with E-state index in [-0.39, 0.29) is 11.0 Å². The quantitative estimate of drug-likeness (QED) is 0.798. The lowest BCUT2D eigenvalue weighted by atomic mass is 10.1. The van der Waals surface area contributed by atoms with E-state index in [1.54, 1.807) is 12.1 Å². The van der Waals surface area contributed by atoms with Gasteiger partial charge in [0.15, 0.2) is 5.78 Å². The molecule has 21 heavy (non-hydrogen) atoms. The van der Waals surface area contributed by atoms with Gasteiger partial charge < -0.3 is 4.74 Å². The molecule has 6 heteroatoms. The van der Waals surface area contributed by atoms with E-state index in [0.29, 0.717) is 44.6 Å². The molecule has 0 aromatic heterocycles. The molecule has 0 atom stereocenters. The van der Waals surface area contributed by atoms with Crippen molar-refractivity contribution in [3.8, 4) is 0 Å². The van der Waals surface area contributed by atoms with Gasteiger partial charge in [0.05, 0.1) is 10.9 Å². The molecule has 0 N–H and O–H groups in total. The molecule has 0 saturated carbocycles. The van der Waals surface area contributed by atoms with Crippen molar-refractivity contribution in [2.75, 3.05) is 24.1 Å². The van der Waals surface area contributed by atoms with Crippen LogP contribution in [0.1, 0.15) is 35.7 Å². The first-order chi connectivity index (χ1) is 10.00. The summed E-state index contributed by atoms with van der Waals surface area (Å²) in [6.45, 7) is 3.01. The minimum Gasteiger partial charge on any atom is -0.381 e. The molecule has 0 radical (unpaired) electrons. The number of nitrogens with zero attached hydrogens (tertiary/aromatic N) is 1. The van der Waals surface area contributed by atoms with Crippen LogP contribution in [0.15, 0.2) is 18.2 Å². The Morgan fingerprint density at radius 3 is 2.67 bits per heavy atom. The Kier molecular flexibility index (Phi) is 3.75. The van der Waals surface area contributed by atoms with Crippen molar-refractivity contribution in [1.29, 1.82) is 0 Å². The Hall–Kier alpha value is -1.40. The van der Waals surface area contributed by atoms with Crippen LogP contribution in [0, 0.1) is 0 Å². The highest BCUT2D eigenvalue weighted by Crippen LogP contribution is 2.34. The fourth-order valence-corrected chi connectivity index (χ4v) is 4.95. The van der Waals surface area contributed by atoms with E-state index < -0.39 is 10.0 Å². The van der Waals surface area contributed by atoms with E-state index in [9.17, 15) is 13.2 Å². The Labute approximate surface area is 124 Å². The van der Waals surface area contributed by atoms with E-state index in [2.05, 4.69) is 0 Å². The number of hydrogen-bond acceptors (Lipinski definition) is 4. The number of anilines is 1. The fourth-order valence-electron chi connectivity index (χ4n) is 3.01. The molecule has 2 heterocycles. The first-order valence-electron chi connectivity index (χ1n) is 7.23. The fraction of sp³-hybridized carbons (Fsp3) is 0.533. The highest BCUT2D eigenvalue weighted by atomic mass is 32.2. The van der Waals surface area contributed by atoms with Crippen molar-refractivity contribution in [3.63, 3.8) is 0 Å². The zero-order chi connectivity index (χ0) is 15.0. The van der Waals surface area contributed by atoms with Gasteiger partial charge in [-0.1, -0.05) is 0 Å². The van der Waals surface area contributed by atoms with Crippen LogP contribution in [0.25, 0.3) is 0 Å². The van der Waals surface area contributed by atoms with Crippen molar-refractivity contribution in [1.82, 2.24) is 0 Å². The molecule has 3 rings (SSSR count). The smallest absolute Gasteiger partial charge is 0.238 e. The second-order valence-corrected chi connectivity index (χ2v) is 7.72. The monoisotopic (exact) mass is 309 g/mol.